The van der Waals surface area contributed by atoms with Crippen molar-refractivity contribution in [2.75, 3.05) is 6.61 Å². The summed E-state index contributed by atoms with van der Waals surface area (Å²) in [5.41, 5.74) is 4.92. The molecule has 0 aliphatic rings. The van der Waals surface area contributed by atoms with Crippen LogP contribution in [-0.4, -0.2) is 39.5 Å². The van der Waals surface area contributed by atoms with E-state index in [9.17, 15) is 9.59 Å². The summed E-state index contributed by atoms with van der Waals surface area (Å²) in [6.07, 6.45) is 2.78. The highest BCUT2D eigenvalue weighted by molar-refractivity contribution is 5.94. The molecule has 0 aliphatic heterocycles. The van der Waals surface area contributed by atoms with Crippen LogP contribution in [0.15, 0.2) is 18.5 Å². The van der Waals surface area contributed by atoms with Crippen molar-refractivity contribution in [3.8, 4) is 0 Å². The van der Waals surface area contributed by atoms with E-state index < -0.39 is 24.5 Å². The summed E-state index contributed by atoms with van der Waals surface area (Å²) >= 11 is 0. The molecular formula is C8H10N4O3. The van der Waals surface area contributed by atoms with Gasteiger partial charge in [0.2, 0.25) is 11.7 Å². The Morgan fingerprint density at radius 3 is 2.53 bits per heavy atom. The number of aliphatic hydroxyl groups excluding tert-OH is 1. The molecule has 1 aromatic heterocycles. The number of aromatic nitrogens is 2. The Morgan fingerprint density at radius 2 is 2.07 bits per heavy atom. The van der Waals surface area contributed by atoms with Gasteiger partial charge in [0.25, 0.3) is 5.91 Å². The Kier molecular flexibility index (Phi) is 3.69. The van der Waals surface area contributed by atoms with Crippen molar-refractivity contribution in [1.82, 2.24) is 15.3 Å². The quantitative estimate of drug-likeness (QED) is 0.534. The van der Waals surface area contributed by atoms with Gasteiger partial charge in [-0.25, -0.2) is 9.97 Å². The summed E-state index contributed by atoms with van der Waals surface area (Å²) in [6.45, 7) is -0.562. The van der Waals surface area contributed by atoms with Crippen molar-refractivity contribution < 1.29 is 14.7 Å². The molecule has 0 saturated heterocycles. The van der Waals surface area contributed by atoms with Gasteiger partial charge >= 0.3 is 0 Å². The maximum atomic E-state index is 11.4. The molecule has 0 aromatic carbocycles. The predicted molar refractivity (Wildman–Crippen MR) is 49.6 cm³/mol. The van der Waals surface area contributed by atoms with Crippen LogP contribution in [0.2, 0.25) is 0 Å². The molecule has 0 fully saturated rings. The van der Waals surface area contributed by atoms with Gasteiger partial charge in [-0.2, -0.15) is 0 Å². The van der Waals surface area contributed by atoms with Crippen LogP contribution in [0.25, 0.3) is 0 Å². The van der Waals surface area contributed by atoms with Crippen LogP contribution in [0.5, 0.6) is 0 Å². The third-order valence-corrected chi connectivity index (χ3v) is 1.60. The average Bonchev–Trinajstić information content (AvgIpc) is 2.26. The minimum atomic E-state index is -1.12. The van der Waals surface area contributed by atoms with Gasteiger partial charge in [0.1, 0.15) is 6.04 Å². The first-order valence-corrected chi connectivity index (χ1v) is 4.13. The summed E-state index contributed by atoms with van der Waals surface area (Å²) < 4.78 is 0. The fourth-order valence-corrected chi connectivity index (χ4v) is 0.846. The summed E-state index contributed by atoms with van der Waals surface area (Å²) in [4.78, 5) is 29.4. The van der Waals surface area contributed by atoms with Gasteiger partial charge in [-0.3, -0.25) is 9.59 Å². The van der Waals surface area contributed by atoms with Gasteiger partial charge in [0.15, 0.2) is 0 Å². The zero-order valence-corrected chi connectivity index (χ0v) is 7.75. The molecule has 1 heterocycles. The average molecular weight is 210 g/mol. The van der Waals surface area contributed by atoms with Crippen LogP contribution < -0.4 is 11.1 Å². The SMILES string of the molecule is NC(=O)[C@@H](CO)NC(=O)c1ncccn1. The molecule has 15 heavy (non-hydrogen) atoms. The van der Waals surface area contributed by atoms with Gasteiger partial charge in [0.05, 0.1) is 6.61 Å². The van der Waals surface area contributed by atoms with Crippen molar-refractivity contribution in [1.29, 1.82) is 0 Å². The lowest BCUT2D eigenvalue weighted by Crippen LogP contribution is -2.47. The van der Waals surface area contributed by atoms with E-state index in [0.717, 1.165) is 0 Å². The summed E-state index contributed by atoms with van der Waals surface area (Å²) in [7, 11) is 0. The molecule has 2 amide bonds. The van der Waals surface area contributed by atoms with E-state index in [1.165, 1.54) is 12.4 Å². The highest BCUT2D eigenvalue weighted by Gasteiger charge is 2.18. The monoisotopic (exact) mass is 210 g/mol. The zero-order valence-electron chi connectivity index (χ0n) is 7.75. The minimum Gasteiger partial charge on any atom is -0.394 e. The first-order chi connectivity index (χ1) is 7.15. The predicted octanol–water partition coefficient (Wildman–Crippen LogP) is -1.95. The number of aliphatic hydroxyl groups is 1. The molecule has 80 valence electrons. The fourth-order valence-electron chi connectivity index (χ4n) is 0.846. The first kappa shape index (κ1) is 11.1. The lowest BCUT2D eigenvalue weighted by molar-refractivity contribution is -0.120. The number of primary amides is 1. The number of amides is 2. The Bertz CT molecular complexity index is 354. The van der Waals surface area contributed by atoms with Crippen LogP contribution in [0.4, 0.5) is 0 Å². The minimum absolute atomic E-state index is 0.0859. The highest BCUT2D eigenvalue weighted by Crippen LogP contribution is 1.89. The Morgan fingerprint density at radius 1 is 1.47 bits per heavy atom. The lowest BCUT2D eigenvalue weighted by atomic mass is 10.3. The van der Waals surface area contributed by atoms with E-state index in [-0.39, 0.29) is 5.82 Å². The maximum absolute atomic E-state index is 11.4. The van der Waals surface area contributed by atoms with Crippen molar-refractivity contribution in [3.63, 3.8) is 0 Å². The summed E-state index contributed by atoms with van der Waals surface area (Å²) in [6, 6.07) is 0.426. The van der Waals surface area contributed by atoms with Crippen molar-refractivity contribution in [2.45, 2.75) is 6.04 Å². The van der Waals surface area contributed by atoms with Crippen molar-refractivity contribution in [3.05, 3.63) is 24.3 Å². The lowest BCUT2D eigenvalue weighted by Gasteiger charge is -2.11. The molecule has 1 atom stereocenters. The third-order valence-electron chi connectivity index (χ3n) is 1.60. The van der Waals surface area contributed by atoms with Crippen LogP contribution in [0, 0.1) is 0 Å². The topological polar surface area (TPSA) is 118 Å². The second-order valence-corrected chi connectivity index (χ2v) is 2.68. The van der Waals surface area contributed by atoms with Crippen LogP contribution >= 0.6 is 0 Å². The van der Waals surface area contributed by atoms with E-state index in [1.54, 1.807) is 6.07 Å². The molecule has 0 aliphatic carbocycles. The number of nitrogens with two attached hydrogens (primary N) is 1. The van der Waals surface area contributed by atoms with Crippen molar-refractivity contribution >= 4 is 11.8 Å². The second kappa shape index (κ2) is 5.01. The Labute approximate surface area is 85.3 Å². The Balaban J connectivity index is 2.67. The molecule has 1 rings (SSSR count). The molecule has 4 N–H and O–H groups in total. The standard InChI is InChI=1S/C8H10N4O3/c9-6(14)5(4-13)12-8(15)7-10-2-1-3-11-7/h1-3,5,13H,4H2,(H2,9,14)(H,12,15)/t5-/m1/s1. The first-order valence-electron chi connectivity index (χ1n) is 4.13. The van der Waals surface area contributed by atoms with E-state index >= 15 is 0 Å². The molecule has 0 unspecified atom stereocenters. The molecular weight excluding hydrogens is 200 g/mol. The largest absolute Gasteiger partial charge is 0.394 e. The molecule has 0 bridgehead atoms. The van der Waals surface area contributed by atoms with Crippen LogP contribution in [0.1, 0.15) is 10.6 Å². The van der Waals surface area contributed by atoms with Crippen LogP contribution in [0.3, 0.4) is 0 Å². The summed E-state index contributed by atoms with van der Waals surface area (Å²) in [5.74, 6) is -1.56. The smallest absolute Gasteiger partial charge is 0.289 e. The normalized spacial score (nSPS) is 11.8. The van der Waals surface area contributed by atoms with E-state index in [1.807, 2.05) is 0 Å². The second-order valence-electron chi connectivity index (χ2n) is 2.68. The number of nitrogens with one attached hydrogen (secondary N) is 1. The number of hydrogen-bond donors (Lipinski definition) is 3. The fraction of sp³-hybridized carbons (Fsp3) is 0.250. The number of nitrogens with zero attached hydrogens (tertiary/aromatic N) is 2. The number of hydrogen-bond acceptors (Lipinski definition) is 5. The van der Waals surface area contributed by atoms with E-state index in [0.29, 0.717) is 0 Å². The van der Waals surface area contributed by atoms with E-state index in [2.05, 4.69) is 15.3 Å². The van der Waals surface area contributed by atoms with Gasteiger partial charge in [-0.1, -0.05) is 0 Å². The highest BCUT2D eigenvalue weighted by atomic mass is 16.3. The molecule has 0 saturated carbocycles. The Hall–Kier alpha value is -2.02. The number of carbonyl (C=O) groups is 2. The molecule has 7 heteroatoms. The van der Waals surface area contributed by atoms with Crippen molar-refractivity contribution in [2.24, 2.45) is 5.73 Å². The molecule has 1 aromatic rings. The molecule has 7 nitrogen and oxygen atoms in total. The van der Waals surface area contributed by atoms with Gasteiger partial charge in [-0.05, 0) is 6.07 Å². The molecule has 0 radical (unpaired) electrons. The number of rotatable bonds is 4. The van der Waals surface area contributed by atoms with Gasteiger partial charge in [0, 0.05) is 12.4 Å². The van der Waals surface area contributed by atoms with Gasteiger partial charge < -0.3 is 16.2 Å². The van der Waals surface area contributed by atoms with Gasteiger partial charge in [-0.15, -0.1) is 0 Å². The molecule has 0 spiro atoms. The number of carbonyl (C=O) groups excluding carboxylic acids is 2. The zero-order chi connectivity index (χ0) is 11.3. The van der Waals surface area contributed by atoms with E-state index in [4.69, 9.17) is 10.8 Å². The van der Waals surface area contributed by atoms with Crippen LogP contribution in [-0.2, 0) is 4.79 Å². The summed E-state index contributed by atoms with van der Waals surface area (Å²) in [5, 5.41) is 10.9. The third kappa shape index (κ3) is 2.99. The maximum Gasteiger partial charge on any atom is 0.289 e.